The summed E-state index contributed by atoms with van der Waals surface area (Å²) in [4.78, 5) is 7.13. The van der Waals surface area contributed by atoms with E-state index in [1.165, 1.54) is 11.3 Å². The number of benzene rings is 2. The number of anilines is 1. The highest BCUT2D eigenvalue weighted by atomic mass is 16.5. The van der Waals surface area contributed by atoms with Crippen LogP contribution in [0.2, 0.25) is 0 Å². The lowest BCUT2D eigenvalue weighted by Gasteiger charge is -2.35. The molecule has 0 aliphatic carbocycles. The van der Waals surface area contributed by atoms with Gasteiger partial charge in [-0.2, -0.15) is 5.26 Å². The van der Waals surface area contributed by atoms with E-state index in [0.29, 0.717) is 23.4 Å². The number of fused-ring (bicyclic) bond motifs is 1. The molecule has 32 heavy (non-hydrogen) atoms. The summed E-state index contributed by atoms with van der Waals surface area (Å²) in [7, 11) is 2.13. The van der Waals surface area contributed by atoms with Crippen molar-refractivity contribution in [2.24, 2.45) is 10.7 Å². The molecule has 0 aromatic heterocycles. The molecule has 0 bridgehead atoms. The topological polar surface area (TPSA) is 86.7 Å². The summed E-state index contributed by atoms with van der Waals surface area (Å²) < 4.78 is 6.46. The zero-order valence-electron chi connectivity index (χ0n) is 18.8. The number of ether oxygens (including phenoxy) is 1. The minimum absolute atomic E-state index is 0.318. The van der Waals surface area contributed by atoms with E-state index in [2.05, 4.69) is 42.4 Å². The third kappa shape index (κ3) is 4.63. The van der Waals surface area contributed by atoms with Gasteiger partial charge in [-0.15, -0.1) is 0 Å². The van der Waals surface area contributed by atoms with E-state index in [1.807, 2.05) is 18.3 Å². The molecule has 6 heteroatoms. The molecule has 0 amide bonds. The maximum Gasteiger partial charge on any atom is 0.140 e. The zero-order valence-corrected chi connectivity index (χ0v) is 18.8. The van der Waals surface area contributed by atoms with Gasteiger partial charge in [0.25, 0.3) is 0 Å². The van der Waals surface area contributed by atoms with Gasteiger partial charge in [-0.1, -0.05) is 0 Å². The maximum absolute atomic E-state index is 9.11. The van der Waals surface area contributed by atoms with Gasteiger partial charge in [0.2, 0.25) is 0 Å². The van der Waals surface area contributed by atoms with Crippen LogP contribution in [0.25, 0.3) is 5.57 Å². The van der Waals surface area contributed by atoms with E-state index < -0.39 is 0 Å². The van der Waals surface area contributed by atoms with Gasteiger partial charge < -0.3 is 20.7 Å². The minimum Gasteiger partial charge on any atom is -0.456 e. The van der Waals surface area contributed by atoms with Gasteiger partial charge >= 0.3 is 0 Å². The Kier molecular flexibility index (Phi) is 6.77. The second-order valence-electron chi connectivity index (χ2n) is 8.56. The van der Waals surface area contributed by atoms with Crippen LogP contribution in [-0.2, 0) is 6.42 Å². The first kappa shape index (κ1) is 21.9. The van der Waals surface area contributed by atoms with Gasteiger partial charge in [0.1, 0.15) is 11.5 Å². The average Bonchev–Trinajstić information content (AvgIpc) is 2.84. The van der Waals surface area contributed by atoms with Crippen molar-refractivity contribution in [1.82, 2.24) is 5.32 Å². The molecule has 0 radical (unpaired) electrons. The summed E-state index contributed by atoms with van der Waals surface area (Å²) in [5.74, 6) is 1.52. The molecule has 2 aliphatic rings. The first-order chi connectivity index (χ1) is 15.6. The van der Waals surface area contributed by atoms with Gasteiger partial charge in [-0.05, 0) is 82.1 Å². The first-order valence-corrected chi connectivity index (χ1v) is 11.3. The Morgan fingerprint density at radius 3 is 2.62 bits per heavy atom. The van der Waals surface area contributed by atoms with Gasteiger partial charge in [-0.3, -0.25) is 4.99 Å². The molecule has 2 aromatic rings. The predicted molar refractivity (Wildman–Crippen MR) is 130 cm³/mol. The second-order valence-corrected chi connectivity index (χ2v) is 8.56. The van der Waals surface area contributed by atoms with Gasteiger partial charge in [0.15, 0.2) is 0 Å². The number of allylic oxidation sites excluding steroid dienone is 1. The van der Waals surface area contributed by atoms with Gasteiger partial charge in [-0.25, -0.2) is 0 Å². The Morgan fingerprint density at radius 1 is 1.19 bits per heavy atom. The van der Waals surface area contributed by atoms with E-state index in [1.54, 1.807) is 18.3 Å². The number of nitrogens with zero attached hydrogens (tertiary/aromatic N) is 3. The summed E-state index contributed by atoms with van der Waals surface area (Å²) in [5.41, 5.74) is 10.9. The molecule has 2 aromatic carbocycles. The van der Waals surface area contributed by atoms with Crippen molar-refractivity contribution in [3.63, 3.8) is 0 Å². The fourth-order valence-electron chi connectivity index (χ4n) is 4.38. The molecule has 1 fully saturated rings. The lowest BCUT2D eigenvalue weighted by molar-refractivity contribution is 0.461. The molecule has 3 N–H and O–H groups in total. The van der Waals surface area contributed by atoms with Crippen molar-refractivity contribution in [2.45, 2.75) is 44.7 Å². The monoisotopic (exact) mass is 429 g/mol. The minimum atomic E-state index is 0.318. The zero-order chi connectivity index (χ0) is 22.5. The SMILES string of the molecule is CC1CCc2c(ccc(C(C=NC3CCNCC3)=CN)c2Oc2ccc(C#N)cc2)N1C. The van der Waals surface area contributed by atoms with Crippen LogP contribution >= 0.6 is 0 Å². The lowest BCUT2D eigenvalue weighted by Crippen LogP contribution is -2.33. The summed E-state index contributed by atoms with van der Waals surface area (Å²) in [6.45, 7) is 4.25. The Balaban J connectivity index is 1.73. The summed E-state index contributed by atoms with van der Waals surface area (Å²) in [6, 6.07) is 14.4. The number of nitrogens with two attached hydrogens (primary N) is 1. The quantitative estimate of drug-likeness (QED) is 0.694. The van der Waals surface area contributed by atoms with Crippen LogP contribution in [0.5, 0.6) is 11.5 Å². The highest BCUT2D eigenvalue weighted by Crippen LogP contribution is 2.42. The van der Waals surface area contributed by atoms with Gasteiger partial charge in [0.05, 0.1) is 17.7 Å². The van der Waals surface area contributed by atoms with Crippen LogP contribution in [0.15, 0.2) is 47.6 Å². The molecule has 2 aliphatic heterocycles. The predicted octanol–water partition coefficient (Wildman–Crippen LogP) is 4.24. The third-order valence-corrected chi connectivity index (χ3v) is 6.52. The number of hydrogen-bond donors (Lipinski definition) is 2. The molecule has 1 saturated heterocycles. The number of nitrogens with one attached hydrogen (secondary N) is 1. The number of piperidine rings is 1. The molecule has 1 unspecified atom stereocenters. The molecule has 0 saturated carbocycles. The van der Waals surface area contributed by atoms with Gasteiger partial charge in [0, 0.05) is 47.9 Å². The lowest BCUT2D eigenvalue weighted by atomic mass is 9.92. The smallest absolute Gasteiger partial charge is 0.140 e. The number of aliphatic imine (C=N–C) groups is 1. The van der Waals surface area contributed by atoms with E-state index in [4.69, 9.17) is 20.7 Å². The largest absolute Gasteiger partial charge is 0.456 e. The third-order valence-electron chi connectivity index (χ3n) is 6.52. The molecule has 6 nitrogen and oxygen atoms in total. The fourth-order valence-corrected chi connectivity index (χ4v) is 4.38. The van der Waals surface area contributed by atoms with Crippen LogP contribution in [-0.4, -0.2) is 38.4 Å². The average molecular weight is 430 g/mol. The summed E-state index contributed by atoms with van der Waals surface area (Å²) in [6.07, 6.45) is 7.59. The molecular weight excluding hydrogens is 398 g/mol. The van der Waals surface area contributed by atoms with Crippen molar-refractivity contribution < 1.29 is 4.74 Å². The van der Waals surface area contributed by atoms with Crippen molar-refractivity contribution in [1.29, 1.82) is 5.26 Å². The van der Waals surface area contributed by atoms with Crippen LogP contribution in [0.4, 0.5) is 5.69 Å². The fraction of sp³-hybridized carbons (Fsp3) is 0.385. The molecule has 1 atom stereocenters. The van der Waals surface area contributed by atoms with Crippen molar-refractivity contribution in [2.75, 3.05) is 25.0 Å². The molecular formula is C26H31N5O. The Labute approximate surface area is 190 Å². The Hall–Kier alpha value is -3.30. The number of nitriles is 1. The molecule has 4 rings (SSSR count). The maximum atomic E-state index is 9.11. The highest BCUT2D eigenvalue weighted by molar-refractivity contribution is 6.11. The molecule has 2 heterocycles. The summed E-state index contributed by atoms with van der Waals surface area (Å²) >= 11 is 0. The number of hydrogen-bond acceptors (Lipinski definition) is 6. The van der Waals surface area contributed by atoms with E-state index in [-0.39, 0.29) is 0 Å². The van der Waals surface area contributed by atoms with Crippen molar-refractivity contribution >= 4 is 17.5 Å². The molecule has 166 valence electrons. The van der Waals surface area contributed by atoms with E-state index in [9.17, 15) is 0 Å². The molecule has 0 spiro atoms. The number of rotatable bonds is 5. The standard InChI is InChI=1S/C26H31N5O/c1-18-3-8-24-25(31(18)2)10-9-23(20(16-28)17-30-21-11-13-29-14-12-21)26(24)32-22-6-4-19(15-27)5-7-22/h4-7,9-10,16-18,21,29H,3,8,11-14,28H2,1-2H3. The van der Waals surface area contributed by atoms with Crippen LogP contribution in [0.3, 0.4) is 0 Å². The van der Waals surface area contributed by atoms with Crippen LogP contribution < -0.4 is 20.7 Å². The van der Waals surface area contributed by atoms with Crippen molar-refractivity contribution in [3.05, 3.63) is 59.3 Å². The summed E-state index contributed by atoms with van der Waals surface area (Å²) in [5, 5.41) is 12.5. The van der Waals surface area contributed by atoms with E-state index >= 15 is 0 Å². The highest BCUT2D eigenvalue weighted by Gasteiger charge is 2.26. The first-order valence-electron chi connectivity index (χ1n) is 11.3. The Morgan fingerprint density at radius 2 is 1.94 bits per heavy atom. The van der Waals surface area contributed by atoms with Crippen molar-refractivity contribution in [3.8, 4) is 17.6 Å². The van der Waals surface area contributed by atoms with E-state index in [0.717, 1.165) is 55.7 Å². The van der Waals surface area contributed by atoms with Crippen LogP contribution in [0, 0.1) is 11.3 Å². The van der Waals surface area contributed by atoms with Crippen LogP contribution in [0.1, 0.15) is 42.9 Å². The second kappa shape index (κ2) is 9.88. The Bertz CT molecular complexity index is 1050. The normalized spacial score (nSPS) is 19.6.